The number of hydrogen-bond donors (Lipinski definition) is 3. The van der Waals surface area contributed by atoms with Crippen LogP contribution < -0.4 is 14.9 Å². The number of nitrogens with one attached hydrogen (secondary N) is 1. The number of carbonyl (C=O) groups excluding carboxylic acids is 1. The number of halogens is 1. The highest BCUT2D eigenvalue weighted by Gasteiger charge is 2.42. The lowest BCUT2D eigenvalue weighted by Crippen LogP contribution is -2.49. The van der Waals surface area contributed by atoms with Crippen LogP contribution in [0.2, 0.25) is 5.02 Å². The van der Waals surface area contributed by atoms with Crippen LogP contribution in [-0.2, 0) is 6.42 Å². The molecule has 2 aromatic rings. The van der Waals surface area contributed by atoms with E-state index in [1.807, 2.05) is 23.2 Å². The number of benzene rings is 2. The second kappa shape index (κ2) is 10.2. The number of carbonyl (C=O) groups is 1. The van der Waals surface area contributed by atoms with Crippen LogP contribution in [0.5, 0.6) is 17.2 Å². The summed E-state index contributed by atoms with van der Waals surface area (Å²) in [5, 5.41) is 23.2. The van der Waals surface area contributed by atoms with Crippen LogP contribution in [0.15, 0.2) is 36.4 Å². The standard InChI is InChI=1S/C26H32ClN3O5/c27-19-3-6-23-18(13-19)15-26(35-23)7-11-29(12-8-26)16-21(32)17-34-24-14-20(31)4-5-22(24)25(33)28-30-9-1-2-10-30/h3-6,13-14,21,31-32H,1-2,7-12,15-17H2,(H,28,33)/t21-/m1/s1. The predicted octanol–water partition coefficient (Wildman–Crippen LogP) is 3.00. The molecular weight excluding hydrogens is 470 g/mol. The highest BCUT2D eigenvalue weighted by Crippen LogP contribution is 2.42. The molecule has 0 saturated carbocycles. The van der Waals surface area contributed by atoms with E-state index in [1.165, 1.54) is 12.1 Å². The summed E-state index contributed by atoms with van der Waals surface area (Å²) in [6.45, 7) is 3.75. The number of β-amino-alcohol motifs (C(OH)–C–C–N with tert-alkyl or cyclic N) is 1. The van der Waals surface area contributed by atoms with Gasteiger partial charge in [0.05, 0.1) is 5.56 Å². The SMILES string of the molecule is O=C(NN1CCCC1)c1ccc(O)cc1OC[C@H](O)CN1CCC2(CC1)Cc1cc(Cl)ccc1O2. The third kappa shape index (κ3) is 5.67. The summed E-state index contributed by atoms with van der Waals surface area (Å²) in [5.41, 5.74) is 4.19. The Balaban J connectivity index is 1.12. The molecule has 3 heterocycles. The van der Waals surface area contributed by atoms with Crippen molar-refractivity contribution < 1.29 is 24.5 Å². The van der Waals surface area contributed by atoms with Gasteiger partial charge in [-0.15, -0.1) is 0 Å². The molecule has 188 valence electrons. The number of ether oxygens (including phenoxy) is 2. The van der Waals surface area contributed by atoms with E-state index in [9.17, 15) is 15.0 Å². The Morgan fingerprint density at radius 3 is 2.69 bits per heavy atom. The van der Waals surface area contributed by atoms with E-state index >= 15 is 0 Å². The molecule has 35 heavy (non-hydrogen) atoms. The first-order valence-corrected chi connectivity index (χ1v) is 12.7. The normalized spacial score (nSPS) is 20.4. The highest BCUT2D eigenvalue weighted by atomic mass is 35.5. The van der Waals surface area contributed by atoms with Crippen LogP contribution >= 0.6 is 11.6 Å². The molecule has 3 N–H and O–H groups in total. The van der Waals surface area contributed by atoms with Crippen molar-refractivity contribution in [2.24, 2.45) is 0 Å². The first-order valence-electron chi connectivity index (χ1n) is 12.3. The number of aliphatic hydroxyl groups is 1. The number of hydrazine groups is 1. The van der Waals surface area contributed by atoms with Crippen LogP contribution in [0.25, 0.3) is 0 Å². The molecule has 2 fully saturated rings. The maximum absolute atomic E-state index is 12.7. The number of aliphatic hydroxyl groups excluding tert-OH is 1. The number of fused-ring (bicyclic) bond motifs is 1. The Hall–Kier alpha value is -2.52. The summed E-state index contributed by atoms with van der Waals surface area (Å²) in [6.07, 6.45) is 3.98. The molecule has 0 unspecified atom stereocenters. The van der Waals surface area contributed by atoms with Gasteiger partial charge in [0, 0.05) is 63.1 Å². The summed E-state index contributed by atoms with van der Waals surface area (Å²) in [4.78, 5) is 14.9. The van der Waals surface area contributed by atoms with Gasteiger partial charge in [0.25, 0.3) is 5.91 Å². The van der Waals surface area contributed by atoms with Gasteiger partial charge >= 0.3 is 0 Å². The van der Waals surface area contributed by atoms with Crippen LogP contribution in [-0.4, -0.2) is 77.1 Å². The van der Waals surface area contributed by atoms with Gasteiger partial charge in [-0.05, 0) is 48.7 Å². The minimum absolute atomic E-state index is 0.00684. The topological polar surface area (TPSA) is 94.5 Å². The Kier molecular flexibility index (Phi) is 7.07. The van der Waals surface area contributed by atoms with E-state index in [2.05, 4.69) is 10.3 Å². The molecule has 1 spiro atoms. The molecule has 3 aliphatic heterocycles. The third-order valence-corrected chi connectivity index (χ3v) is 7.34. The second-order valence-electron chi connectivity index (χ2n) is 9.79. The number of rotatable bonds is 7. The number of phenols is 1. The number of likely N-dealkylation sites (tertiary alicyclic amines) is 1. The summed E-state index contributed by atoms with van der Waals surface area (Å²) < 4.78 is 12.1. The number of phenolic OH excluding ortho intramolecular Hbond substituents is 1. The lowest BCUT2D eigenvalue weighted by molar-refractivity contribution is -0.00201. The zero-order valence-electron chi connectivity index (χ0n) is 19.7. The fraction of sp³-hybridized carbons (Fsp3) is 0.500. The van der Waals surface area contributed by atoms with Gasteiger partial charge in [-0.25, -0.2) is 5.01 Å². The van der Waals surface area contributed by atoms with E-state index in [-0.39, 0.29) is 29.6 Å². The second-order valence-corrected chi connectivity index (χ2v) is 10.2. The Labute approximate surface area is 210 Å². The molecule has 1 amide bonds. The molecule has 1 atom stereocenters. The lowest BCUT2D eigenvalue weighted by atomic mass is 9.87. The smallest absolute Gasteiger partial charge is 0.269 e. The van der Waals surface area contributed by atoms with Crippen molar-refractivity contribution in [3.8, 4) is 17.2 Å². The average Bonchev–Trinajstić information content (AvgIpc) is 3.46. The number of hydrogen-bond acceptors (Lipinski definition) is 7. The zero-order chi connectivity index (χ0) is 24.4. The van der Waals surface area contributed by atoms with E-state index in [4.69, 9.17) is 21.1 Å². The molecule has 5 rings (SSSR count). The first-order chi connectivity index (χ1) is 16.9. The molecule has 8 nitrogen and oxygen atoms in total. The van der Waals surface area contributed by atoms with E-state index < -0.39 is 6.10 Å². The fourth-order valence-corrected chi connectivity index (χ4v) is 5.41. The van der Waals surface area contributed by atoms with Gasteiger partial charge in [0.15, 0.2) is 0 Å². The summed E-state index contributed by atoms with van der Waals surface area (Å²) in [7, 11) is 0. The van der Waals surface area contributed by atoms with Gasteiger partial charge in [-0.3, -0.25) is 10.2 Å². The van der Waals surface area contributed by atoms with Crippen molar-refractivity contribution in [2.75, 3.05) is 39.3 Å². The van der Waals surface area contributed by atoms with Crippen molar-refractivity contribution in [2.45, 2.75) is 43.8 Å². The monoisotopic (exact) mass is 501 g/mol. The predicted molar refractivity (Wildman–Crippen MR) is 132 cm³/mol. The van der Waals surface area contributed by atoms with Crippen molar-refractivity contribution in [1.82, 2.24) is 15.3 Å². The van der Waals surface area contributed by atoms with Gasteiger partial charge in [-0.2, -0.15) is 0 Å². The van der Waals surface area contributed by atoms with E-state index in [1.54, 1.807) is 6.07 Å². The van der Waals surface area contributed by atoms with Crippen molar-refractivity contribution >= 4 is 17.5 Å². The lowest BCUT2D eigenvalue weighted by Gasteiger charge is -2.39. The summed E-state index contributed by atoms with van der Waals surface area (Å²) >= 11 is 6.14. The summed E-state index contributed by atoms with van der Waals surface area (Å²) in [5.74, 6) is 0.907. The molecule has 2 saturated heterocycles. The maximum atomic E-state index is 12.7. The average molecular weight is 502 g/mol. The molecule has 0 aliphatic carbocycles. The first kappa shape index (κ1) is 24.2. The van der Waals surface area contributed by atoms with Gasteiger partial charge in [-0.1, -0.05) is 11.6 Å². The molecule has 0 bridgehead atoms. The summed E-state index contributed by atoms with van der Waals surface area (Å²) in [6, 6.07) is 10.2. The Morgan fingerprint density at radius 1 is 1.14 bits per heavy atom. The number of nitrogens with zero attached hydrogens (tertiary/aromatic N) is 2. The molecule has 2 aromatic carbocycles. The third-order valence-electron chi connectivity index (χ3n) is 7.10. The van der Waals surface area contributed by atoms with Crippen molar-refractivity contribution in [3.05, 3.63) is 52.5 Å². The maximum Gasteiger partial charge on any atom is 0.269 e. The molecule has 0 radical (unpaired) electrons. The minimum Gasteiger partial charge on any atom is -0.508 e. The van der Waals surface area contributed by atoms with Crippen LogP contribution in [0, 0.1) is 0 Å². The van der Waals surface area contributed by atoms with E-state index in [0.717, 1.165) is 74.6 Å². The zero-order valence-corrected chi connectivity index (χ0v) is 20.5. The number of aromatic hydroxyl groups is 1. The van der Waals surface area contributed by atoms with E-state index in [0.29, 0.717) is 12.1 Å². The van der Waals surface area contributed by atoms with Crippen LogP contribution in [0.3, 0.4) is 0 Å². The quantitative estimate of drug-likeness (QED) is 0.537. The highest BCUT2D eigenvalue weighted by molar-refractivity contribution is 6.30. The van der Waals surface area contributed by atoms with Crippen molar-refractivity contribution in [1.29, 1.82) is 0 Å². The molecular formula is C26H32ClN3O5. The van der Waals surface area contributed by atoms with Gasteiger partial charge in [0.2, 0.25) is 0 Å². The molecule has 3 aliphatic rings. The molecule has 9 heteroatoms. The Morgan fingerprint density at radius 2 is 1.91 bits per heavy atom. The van der Waals surface area contributed by atoms with Gasteiger partial charge < -0.3 is 24.6 Å². The number of piperidine rings is 1. The van der Waals surface area contributed by atoms with Gasteiger partial charge in [0.1, 0.15) is 35.6 Å². The van der Waals surface area contributed by atoms with Crippen molar-refractivity contribution in [3.63, 3.8) is 0 Å². The largest absolute Gasteiger partial charge is 0.508 e. The minimum atomic E-state index is -0.735. The number of amides is 1. The fourth-order valence-electron chi connectivity index (χ4n) is 5.21. The van der Waals surface area contributed by atoms with Crippen LogP contribution in [0.1, 0.15) is 41.6 Å². The molecule has 0 aromatic heterocycles. The van der Waals surface area contributed by atoms with Crippen LogP contribution in [0.4, 0.5) is 0 Å². The Bertz CT molecular complexity index is 1070.